The minimum absolute atomic E-state index is 0.0731. The number of carbonyl (C=O) groups excluding carboxylic acids is 1. The third-order valence-corrected chi connectivity index (χ3v) is 4.43. The van der Waals surface area contributed by atoms with Gasteiger partial charge in [0.15, 0.2) is 0 Å². The molecule has 1 unspecified atom stereocenters. The number of hydrogen-bond donors (Lipinski definition) is 0. The van der Waals surface area contributed by atoms with Crippen LogP contribution in [0.1, 0.15) is 24.8 Å². The van der Waals surface area contributed by atoms with Gasteiger partial charge in [-0.3, -0.25) is 4.79 Å². The molecule has 4 rings (SSSR count). The Labute approximate surface area is 117 Å². The summed E-state index contributed by atoms with van der Waals surface area (Å²) >= 11 is 0. The van der Waals surface area contributed by atoms with E-state index in [9.17, 15) is 4.79 Å². The van der Waals surface area contributed by atoms with Crippen LogP contribution >= 0.6 is 0 Å². The van der Waals surface area contributed by atoms with Gasteiger partial charge in [-0.2, -0.15) is 0 Å². The molecular weight excluding hydrogens is 252 g/mol. The maximum Gasteiger partial charge on any atom is 0.308 e. The lowest BCUT2D eigenvalue weighted by Crippen LogP contribution is -2.23. The fraction of sp³-hybridized carbons (Fsp3) is 0.353. The van der Waals surface area contributed by atoms with Crippen LogP contribution in [0.4, 0.5) is 0 Å². The summed E-state index contributed by atoms with van der Waals surface area (Å²) in [4.78, 5) is 11.5. The average molecular weight is 268 g/mol. The van der Waals surface area contributed by atoms with E-state index in [-0.39, 0.29) is 30.2 Å². The van der Waals surface area contributed by atoms with Crippen molar-refractivity contribution in [2.75, 3.05) is 0 Å². The third kappa shape index (κ3) is 1.66. The summed E-state index contributed by atoms with van der Waals surface area (Å²) in [6.45, 7) is 2.07. The molecule has 2 saturated heterocycles. The molecule has 2 heterocycles. The van der Waals surface area contributed by atoms with Gasteiger partial charge in [-0.15, -0.1) is 0 Å². The van der Waals surface area contributed by atoms with Crippen molar-refractivity contribution in [3.63, 3.8) is 0 Å². The Bertz CT molecular complexity index is 673. The summed E-state index contributed by atoms with van der Waals surface area (Å²) in [6, 6.07) is 14.6. The van der Waals surface area contributed by atoms with Crippen LogP contribution in [0, 0.1) is 0 Å². The first-order valence-corrected chi connectivity index (χ1v) is 7.06. The monoisotopic (exact) mass is 268 g/mol. The van der Waals surface area contributed by atoms with Gasteiger partial charge in [0.1, 0.15) is 12.2 Å². The molecule has 2 aromatic rings. The van der Waals surface area contributed by atoms with Crippen molar-refractivity contribution >= 4 is 16.7 Å². The lowest BCUT2D eigenvalue weighted by molar-refractivity contribution is -0.142. The predicted molar refractivity (Wildman–Crippen MR) is 75.5 cm³/mol. The van der Waals surface area contributed by atoms with Crippen LogP contribution < -0.4 is 0 Å². The van der Waals surface area contributed by atoms with Gasteiger partial charge in [0.05, 0.1) is 18.4 Å². The Balaban J connectivity index is 1.84. The highest BCUT2D eigenvalue weighted by atomic mass is 16.6. The molecule has 0 bridgehead atoms. The van der Waals surface area contributed by atoms with E-state index in [1.807, 2.05) is 12.1 Å². The molecule has 0 saturated carbocycles. The van der Waals surface area contributed by atoms with E-state index < -0.39 is 0 Å². The number of ether oxygens (including phenoxy) is 2. The summed E-state index contributed by atoms with van der Waals surface area (Å²) in [5, 5.41) is 2.43. The van der Waals surface area contributed by atoms with Crippen molar-refractivity contribution in [3.05, 3.63) is 48.0 Å². The van der Waals surface area contributed by atoms with E-state index in [0.29, 0.717) is 6.42 Å². The molecule has 0 radical (unpaired) electrons. The molecule has 0 aromatic heterocycles. The highest BCUT2D eigenvalue weighted by Gasteiger charge is 2.50. The molecule has 2 aromatic carbocycles. The lowest BCUT2D eigenvalue weighted by Gasteiger charge is -2.21. The number of rotatable bonds is 1. The highest BCUT2D eigenvalue weighted by molar-refractivity contribution is 5.86. The van der Waals surface area contributed by atoms with Gasteiger partial charge in [0.2, 0.25) is 0 Å². The molecule has 2 aliphatic rings. The van der Waals surface area contributed by atoms with Gasteiger partial charge >= 0.3 is 5.97 Å². The van der Waals surface area contributed by atoms with E-state index in [0.717, 1.165) is 0 Å². The number of hydrogen-bond acceptors (Lipinski definition) is 3. The van der Waals surface area contributed by atoms with Gasteiger partial charge in [0.25, 0.3) is 0 Å². The minimum atomic E-state index is -0.142. The Morgan fingerprint density at radius 1 is 1.10 bits per heavy atom. The third-order valence-electron chi connectivity index (χ3n) is 4.43. The van der Waals surface area contributed by atoms with Crippen molar-refractivity contribution in [2.24, 2.45) is 0 Å². The maximum atomic E-state index is 11.5. The minimum Gasteiger partial charge on any atom is -0.459 e. The molecular formula is C17H16O3. The SMILES string of the molecule is CC1O[C@H]2CC(=O)O[C@H]2[C@H]1c1cccc2ccccc12. The Kier molecular flexibility index (Phi) is 2.57. The van der Waals surface area contributed by atoms with Gasteiger partial charge in [-0.05, 0) is 23.3 Å². The number of fused-ring (bicyclic) bond motifs is 2. The van der Waals surface area contributed by atoms with Crippen LogP contribution in [0.3, 0.4) is 0 Å². The van der Waals surface area contributed by atoms with E-state index in [2.05, 4.69) is 37.3 Å². The normalized spacial score (nSPS) is 32.4. The summed E-state index contributed by atoms with van der Waals surface area (Å²) in [5.41, 5.74) is 1.22. The zero-order valence-electron chi connectivity index (χ0n) is 11.3. The largest absolute Gasteiger partial charge is 0.459 e. The van der Waals surface area contributed by atoms with E-state index in [1.165, 1.54) is 16.3 Å². The molecule has 0 N–H and O–H groups in total. The molecule has 3 nitrogen and oxygen atoms in total. The molecule has 2 fully saturated rings. The lowest BCUT2D eigenvalue weighted by atomic mass is 9.86. The molecule has 0 amide bonds. The zero-order chi connectivity index (χ0) is 13.7. The fourth-order valence-corrected chi connectivity index (χ4v) is 3.58. The molecule has 0 aliphatic carbocycles. The molecule has 2 aliphatic heterocycles. The fourth-order valence-electron chi connectivity index (χ4n) is 3.58. The number of benzene rings is 2. The first-order valence-electron chi connectivity index (χ1n) is 7.06. The second kappa shape index (κ2) is 4.32. The summed E-state index contributed by atoms with van der Waals surface area (Å²) in [6.07, 6.45) is 0.240. The van der Waals surface area contributed by atoms with Gasteiger partial charge < -0.3 is 9.47 Å². The standard InChI is InChI=1S/C17H16O3/c1-10-16(17-14(19-10)9-15(18)20-17)13-8-4-6-11-5-2-3-7-12(11)13/h2-8,10,14,16-17H,9H2,1H3/t10?,14-,16+,17+/m0/s1. The van der Waals surface area contributed by atoms with Crippen molar-refractivity contribution in [1.29, 1.82) is 0 Å². The first-order chi connectivity index (χ1) is 9.74. The zero-order valence-corrected chi connectivity index (χ0v) is 11.3. The van der Waals surface area contributed by atoms with E-state index >= 15 is 0 Å². The van der Waals surface area contributed by atoms with Gasteiger partial charge in [-0.25, -0.2) is 0 Å². The van der Waals surface area contributed by atoms with Crippen molar-refractivity contribution in [3.8, 4) is 0 Å². The van der Waals surface area contributed by atoms with Crippen LogP contribution in [0.5, 0.6) is 0 Å². The Hall–Kier alpha value is -1.87. The summed E-state index contributed by atoms with van der Waals surface area (Å²) in [5.74, 6) is -0.0188. The van der Waals surface area contributed by atoms with Crippen molar-refractivity contribution < 1.29 is 14.3 Å². The molecule has 3 heteroatoms. The van der Waals surface area contributed by atoms with Crippen LogP contribution in [0.25, 0.3) is 10.8 Å². The van der Waals surface area contributed by atoms with Gasteiger partial charge in [-0.1, -0.05) is 42.5 Å². The Morgan fingerprint density at radius 3 is 2.80 bits per heavy atom. The highest BCUT2D eigenvalue weighted by Crippen LogP contribution is 2.43. The number of esters is 1. The van der Waals surface area contributed by atoms with Crippen LogP contribution in [-0.4, -0.2) is 24.3 Å². The van der Waals surface area contributed by atoms with Gasteiger partial charge in [0, 0.05) is 0 Å². The summed E-state index contributed by atoms with van der Waals surface area (Å²) in [7, 11) is 0. The topological polar surface area (TPSA) is 35.5 Å². The second-order valence-electron chi connectivity index (χ2n) is 5.63. The maximum absolute atomic E-state index is 11.5. The predicted octanol–water partition coefficient (Wildman–Crippen LogP) is 3.03. The van der Waals surface area contributed by atoms with Crippen LogP contribution in [0.2, 0.25) is 0 Å². The molecule has 102 valence electrons. The van der Waals surface area contributed by atoms with E-state index in [4.69, 9.17) is 9.47 Å². The number of carbonyl (C=O) groups is 1. The van der Waals surface area contributed by atoms with E-state index in [1.54, 1.807) is 0 Å². The van der Waals surface area contributed by atoms with Crippen LogP contribution in [0.15, 0.2) is 42.5 Å². The Morgan fingerprint density at radius 2 is 1.90 bits per heavy atom. The quantitative estimate of drug-likeness (QED) is 0.746. The smallest absolute Gasteiger partial charge is 0.308 e. The average Bonchev–Trinajstić information content (AvgIpc) is 2.93. The first kappa shape index (κ1) is 11.9. The van der Waals surface area contributed by atoms with Crippen molar-refractivity contribution in [1.82, 2.24) is 0 Å². The van der Waals surface area contributed by atoms with Crippen LogP contribution in [-0.2, 0) is 14.3 Å². The molecule has 20 heavy (non-hydrogen) atoms. The molecule has 4 atom stereocenters. The second-order valence-corrected chi connectivity index (χ2v) is 5.63. The summed E-state index contributed by atoms with van der Waals surface area (Å²) < 4.78 is 11.4. The van der Waals surface area contributed by atoms with Crippen molar-refractivity contribution in [2.45, 2.75) is 37.6 Å². The molecule has 0 spiro atoms.